The van der Waals surface area contributed by atoms with Crippen molar-refractivity contribution in [1.29, 1.82) is 0 Å². The lowest BCUT2D eigenvalue weighted by Gasteiger charge is -2.09. The minimum absolute atomic E-state index is 0.176. The molecule has 26 heavy (non-hydrogen) atoms. The number of carbonyl (C=O) groups is 2. The molecule has 0 aliphatic rings. The molecule has 0 N–H and O–H groups in total. The van der Waals surface area contributed by atoms with Crippen molar-refractivity contribution < 1.29 is 19.1 Å². The van der Waals surface area contributed by atoms with Crippen LogP contribution in [0.3, 0.4) is 0 Å². The SMILES string of the molecule is C=CC(=O)OCCCc1ccc(C(C)/C=C\C(=C/C)OC(=O)C=C)cc1. The molecule has 0 aromatic heterocycles. The van der Waals surface area contributed by atoms with Crippen LogP contribution < -0.4 is 0 Å². The molecule has 0 amide bonds. The molecule has 0 radical (unpaired) electrons. The molecule has 0 fully saturated rings. The molecule has 1 atom stereocenters. The molecular formula is C22H26O4. The fourth-order valence-electron chi connectivity index (χ4n) is 2.19. The van der Waals surface area contributed by atoms with E-state index < -0.39 is 5.97 Å². The van der Waals surface area contributed by atoms with Gasteiger partial charge in [0.2, 0.25) is 0 Å². The summed E-state index contributed by atoms with van der Waals surface area (Å²) in [5.74, 6) is -0.193. The average molecular weight is 354 g/mol. The Bertz CT molecular complexity index is 681. The van der Waals surface area contributed by atoms with E-state index in [4.69, 9.17) is 9.47 Å². The minimum atomic E-state index is -0.474. The van der Waals surface area contributed by atoms with Gasteiger partial charge >= 0.3 is 11.9 Å². The second-order valence-corrected chi connectivity index (χ2v) is 5.68. The lowest BCUT2D eigenvalue weighted by atomic mass is 9.98. The Morgan fingerprint density at radius 1 is 1.12 bits per heavy atom. The normalized spacial score (nSPS) is 12.5. The van der Waals surface area contributed by atoms with Crippen molar-refractivity contribution in [3.05, 3.63) is 84.7 Å². The van der Waals surface area contributed by atoms with E-state index in [9.17, 15) is 9.59 Å². The van der Waals surface area contributed by atoms with Gasteiger partial charge in [-0.05, 0) is 49.0 Å². The van der Waals surface area contributed by atoms with Gasteiger partial charge in [0.25, 0.3) is 0 Å². The molecule has 4 heteroatoms. The fourth-order valence-corrected chi connectivity index (χ4v) is 2.19. The van der Waals surface area contributed by atoms with Gasteiger partial charge in [0.05, 0.1) is 6.61 Å². The third kappa shape index (κ3) is 7.79. The van der Waals surface area contributed by atoms with Crippen LogP contribution in [0, 0.1) is 0 Å². The Morgan fingerprint density at radius 2 is 1.77 bits per heavy atom. The molecule has 138 valence electrons. The van der Waals surface area contributed by atoms with Gasteiger partial charge in [-0.15, -0.1) is 0 Å². The van der Waals surface area contributed by atoms with Gasteiger partial charge in [0.1, 0.15) is 5.76 Å². The van der Waals surface area contributed by atoms with Crippen LogP contribution in [0.1, 0.15) is 37.3 Å². The highest BCUT2D eigenvalue weighted by Crippen LogP contribution is 2.19. The highest BCUT2D eigenvalue weighted by Gasteiger charge is 2.04. The van der Waals surface area contributed by atoms with E-state index >= 15 is 0 Å². The second kappa shape index (κ2) is 11.6. The van der Waals surface area contributed by atoms with Gasteiger partial charge < -0.3 is 9.47 Å². The molecule has 1 aromatic rings. The smallest absolute Gasteiger partial charge is 0.335 e. The highest BCUT2D eigenvalue weighted by atomic mass is 16.5. The van der Waals surface area contributed by atoms with Crippen molar-refractivity contribution in [3.63, 3.8) is 0 Å². The molecule has 0 aliphatic heterocycles. The maximum Gasteiger partial charge on any atom is 0.335 e. The summed E-state index contributed by atoms with van der Waals surface area (Å²) in [5, 5.41) is 0. The zero-order valence-corrected chi connectivity index (χ0v) is 15.4. The molecular weight excluding hydrogens is 328 g/mol. The maximum absolute atomic E-state index is 11.2. The van der Waals surface area contributed by atoms with Crippen molar-refractivity contribution in [1.82, 2.24) is 0 Å². The monoisotopic (exact) mass is 354 g/mol. The summed E-state index contributed by atoms with van der Waals surface area (Å²) in [4.78, 5) is 22.2. The molecule has 1 rings (SSSR count). The predicted octanol–water partition coefficient (Wildman–Crippen LogP) is 4.64. The third-order valence-corrected chi connectivity index (χ3v) is 3.75. The number of ether oxygens (including phenoxy) is 2. The molecule has 1 unspecified atom stereocenters. The van der Waals surface area contributed by atoms with Gasteiger partial charge in [-0.25, -0.2) is 9.59 Å². The van der Waals surface area contributed by atoms with Crippen molar-refractivity contribution >= 4 is 11.9 Å². The van der Waals surface area contributed by atoms with Gasteiger partial charge in [-0.1, -0.05) is 50.4 Å². The van der Waals surface area contributed by atoms with Crippen molar-refractivity contribution in [2.24, 2.45) is 0 Å². The fraction of sp³-hybridized carbons (Fsp3) is 0.273. The van der Waals surface area contributed by atoms with E-state index in [-0.39, 0.29) is 11.9 Å². The van der Waals surface area contributed by atoms with Crippen LogP contribution in [0.2, 0.25) is 0 Å². The van der Waals surface area contributed by atoms with Crippen LogP contribution in [0.4, 0.5) is 0 Å². The van der Waals surface area contributed by atoms with E-state index in [1.165, 1.54) is 11.6 Å². The van der Waals surface area contributed by atoms with Crippen LogP contribution in [0.5, 0.6) is 0 Å². The number of aryl methyl sites for hydroxylation is 1. The minimum Gasteiger partial charge on any atom is -0.463 e. The molecule has 0 bridgehead atoms. The maximum atomic E-state index is 11.2. The molecule has 4 nitrogen and oxygen atoms in total. The molecule has 0 saturated carbocycles. The lowest BCUT2D eigenvalue weighted by Crippen LogP contribution is -2.03. The molecule has 1 aromatic carbocycles. The summed E-state index contributed by atoms with van der Waals surface area (Å²) in [7, 11) is 0. The summed E-state index contributed by atoms with van der Waals surface area (Å²) >= 11 is 0. The standard InChI is InChI=1S/C22H26O4/c1-5-20(26-22(24)7-3)15-10-17(4)19-13-11-18(12-14-19)9-8-16-25-21(23)6-2/h5-7,10-15,17H,2-3,8-9,16H2,1,4H3/b15-10-,20-5+. The van der Waals surface area contributed by atoms with Crippen LogP contribution >= 0.6 is 0 Å². The Labute approximate surface area is 155 Å². The van der Waals surface area contributed by atoms with E-state index in [1.54, 1.807) is 12.2 Å². The van der Waals surface area contributed by atoms with Crippen LogP contribution in [-0.2, 0) is 25.5 Å². The quantitative estimate of drug-likeness (QED) is 0.202. The number of benzene rings is 1. The average Bonchev–Trinajstić information content (AvgIpc) is 2.68. The first-order valence-electron chi connectivity index (χ1n) is 8.57. The summed E-state index contributed by atoms with van der Waals surface area (Å²) in [6, 6.07) is 8.29. The number of esters is 2. The summed E-state index contributed by atoms with van der Waals surface area (Å²) < 4.78 is 10.1. The Balaban J connectivity index is 2.54. The lowest BCUT2D eigenvalue weighted by molar-refractivity contribution is -0.138. The van der Waals surface area contributed by atoms with Gasteiger partial charge in [0, 0.05) is 12.2 Å². The first-order chi connectivity index (χ1) is 12.5. The zero-order valence-electron chi connectivity index (χ0n) is 15.4. The second-order valence-electron chi connectivity index (χ2n) is 5.68. The highest BCUT2D eigenvalue weighted by molar-refractivity contribution is 5.82. The summed E-state index contributed by atoms with van der Waals surface area (Å²) in [6.07, 6.45) is 9.41. The largest absolute Gasteiger partial charge is 0.463 e. The number of carbonyl (C=O) groups excluding carboxylic acids is 2. The van der Waals surface area contributed by atoms with E-state index in [0.717, 1.165) is 24.5 Å². The molecule has 0 heterocycles. The number of hydrogen-bond donors (Lipinski definition) is 0. The topological polar surface area (TPSA) is 52.6 Å². The van der Waals surface area contributed by atoms with Crippen LogP contribution in [0.25, 0.3) is 0 Å². The van der Waals surface area contributed by atoms with Crippen LogP contribution in [-0.4, -0.2) is 18.5 Å². The van der Waals surface area contributed by atoms with Crippen molar-refractivity contribution in [2.75, 3.05) is 6.61 Å². The van der Waals surface area contributed by atoms with E-state index in [1.807, 2.05) is 13.0 Å². The molecule has 0 aliphatic carbocycles. The number of hydrogen-bond acceptors (Lipinski definition) is 4. The third-order valence-electron chi connectivity index (χ3n) is 3.75. The van der Waals surface area contributed by atoms with Crippen molar-refractivity contribution in [3.8, 4) is 0 Å². The number of allylic oxidation sites excluding steroid dienone is 3. The first kappa shape index (κ1) is 21.2. The van der Waals surface area contributed by atoms with E-state index in [2.05, 4.69) is 44.3 Å². The van der Waals surface area contributed by atoms with Crippen LogP contribution in [0.15, 0.2) is 73.6 Å². The van der Waals surface area contributed by atoms with E-state index in [0.29, 0.717) is 12.4 Å². The van der Waals surface area contributed by atoms with Crippen molar-refractivity contribution in [2.45, 2.75) is 32.6 Å². The summed E-state index contributed by atoms with van der Waals surface area (Å²) in [5.41, 5.74) is 2.35. The Kier molecular flexibility index (Phi) is 9.47. The Hall–Kier alpha value is -2.88. The van der Waals surface area contributed by atoms with Gasteiger partial charge in [-0.2, -0.15) is 0 Å². The van der Waals surface area contributed by atoms with Gasteiger partial charge in [0.15, 0.2) is 0 Å². The Morgan fingerprint density at radius 3 is 2.35 bits per heavy atom. The summed E-state index contributed by atoms with van der Waals surface area (Å²) in [6.45, 7) is 11.0. The molecule has 0 spiro atoms. The molecule has 0 saturated heterocycles. The predicted molar refractivity (Wildman–Crippen MR) is 104 cm³/mol. The zero-order chi connectivity index (χ0) is 19.4. The first-order valence-corrected chi connectivity index (χ1v) is 8.57. The number of rotatable bonds is 10. The van der Waals surface area contributed by atoms with Gasteiger partial charge in [-0.3, -0.25) is 0 Å².